The summed E-state index contributed by atoms with van der Waals surface area (Å²) in [4.78, 5) is 7.73. The molecule has 0 bridgehead atoms. The third kappa shape index (κ3) is 6.63. The average Bonchev–Trinajstić information content (AvgIpc) is 3.23. The average molecular weight is 517 g/mol. The van der Waals surface area contributed by atoms with E-state index in [1.807, 2.05) is 13.8 Å². The van der Waals surface area contributed by atoms with Crippen LogP contribution >= 0.6 is 35.3 Å². The first-order chi connectivity index (χ1) is 12.4. The third-order valence-corrected chi connectivity index (χ3v) is 4.65. The lowest BCUT2D eigenvalue weighted by Crippen LogP contribution is -2.38. The van der Waals surface area contributed by atoms with Gasteiger partial charge in [0.2, 0.25) is 0 Å². The Hall–Kier alpha value is -1.37. The number of alkyl halides is 3. The van der Waals surface area contributed by atoms with Gasteiger partial charge in [0.15, 0.2) is 11.7 Å². The lowest BCUT2D eigenvalue weighted by Gasteiger charge is -2.11. The SMILES string of the molecule is CCc1noc(CC)c1CNC(=NC)NCCc1nc(C(F)(F)F)cs1.I. The van der Waals surface area contributed by atoms with Gasteiger partial charge in [-0.2, -0.15) is 13.2 Å². The van der Waals surface area contributed by atoms with E-state index in [-0.39, 0.29) is 24.0 Å². The highest BCUT2D eigenvalue weighted by Gasteiger charge is 2.33. The highest BCUT2D eigenvalue weighted by molar-refractivity contribution is 14.0. The molecule has 0 spiro atoms. The molecule has 0 aliphatic heterocycles. The van der Waals surface area contributed by atoms with E-state index in [0.29, 0.717) is 30.5 Å². The molecule has 0 amide bonds. The van der Waals surface area contributed by atoms with Crippen LogP contribution in [0.25, 0.3) is 0 Å². The Morgan fingerprint density at radius 1 is 1.26 bits per heavy atom. The van der Waals surface area contributed by atoms with Crippen molar-refractivity contribution in [2.45, 2.75) is 45.8 Å². The summed E-state index contributed by atoms with van der Waals surface area (Å²) in [5.41, 5.74) is 1.09. The molecule has 0 radical (unpaired) electrons. The second kappa shape index (κ2) is 10.8. The first kappa shape index (κ1) is 23.7. The number of nitrogens with zero attached hydrogens (tertiary/aromatic N) is 3. The zero-order valence-electron chi connectivity index (χ0n) is 15.3. The molecule has 152 valence electrons. The van der Waals surface area contributed by atoms with E-state index in [9.17, 15) is 13.2 Å². The molecule has 27 heavy (non-hydrogen) atoms. The smallest absolute Gasteiger partial charge is 0.361 e. The van der Waals surface area contributed by atoms with E-state index < -0.39 is 11.9 Å². The van der Waals surface area contributed by atoms with Crippen LogP contribution in [0, 0.1) is 0 Å². The first-order valence-corrected chi connectivity index (χ1v) is 9.19. The summed E-state index contributed by atoms with van der Waals surface area (Å²) in [6, 6.07) is 0. The minimum absolute atomic E-state index is 0. The van der Waals surface area contributed by atoms with Crippen LogP contribution in [0.2, 0.25) is 0 Å². The van der Waals surface area contributed by atoms with Crippen LogP contribution in [0.3, 0.4) is 0 Å². The van der Waals surface area contributed by atoms with E-state index in [2.05, 4.69) is 25.8 Å². The van der Waals surface area contributed by atoms with Gasteiger partial charge in [-0.3, -0.25) is 4.99 Å². The molecule has 0 unspecified atom stereocenters. The molecule has 0 aromatic carbocycles. The molecular formula is C16H23F3IN5OS. The maximum atomic E-state index is 12.6. The van der Waals surface area contributed by atoms with Crippen molar-refractivity contribution in [3.63, 3.8) is 0 Å². The minimum atomic E-state index is -4.40. The van der Waals surface area contributed by atoms with Gasteiger partial charge in [-0.1, -0.05) is 19.0 Å². The highest BCUT2D eigenvalue weighted by atomic mass is 127. The second-order valence-corrected chi connectivity index (χ2v) is 6.41. The lowest BCUT2D eigenvalue weighted by molar-refractivity contribution is -0.140. The van der Waals surface area contributed by atoms with Crippen LogP contribution < -0.4 is 10.6 Å². The summed E-state index contributed by atoms with van der Waals surface area (Å²) in [7, 11) is 1.63. The molecule has 0 atom stereocenters. The number of aryl methyl sites for hydroxylation is 2. The van der Waals surface area contributed by atoms with E-state index in [1.54, 1.807) is 7.05 Å². The number of hydrogen-bond donors (Lipinski definition) is 2. The van der Waals surface area contributed by atoms with Crippen molar-refractivity contribution in [2.75, 3.05) is 13.6 Å². The van der Waals surface area contributed by atoms with E-state index in [1.165, 1.54) is 0 Å². The van der Waals surface area contributed by atoms with Gasteiger partial charge in [-0.25, -0.2) is 4.98 Å². The number of nitrogens with one attached hydrogen (secondary N) is 2. The van der Waals surface area contributed by atoms with Crippen molar-refractivity contribution in [1.29, 1.82) is 0 Å². The highest BCUT2D eigenvalue weighted by Crippen LogP contribution is 2.30. The molecule has 0 saturated carbocycles. The van der Waals surface area contributed by atoms with Crippen LogP contribution in [0.1, 0.15) is 41.6 Å². The van der Waals surface area contributed by atoms with Gasteiger partial charge in [-0.15, -0.1) is 35.3 Å². The van der Waals surface area contributed by atoms with Crippen LogP contribution in [0.5, 0.6) is 0 Å². The monoisotopic (exact) mass is 517 g/mol. The fourth-order valence-corrected chi connectivity index (χ4v) is 3.18. The van der Waals surface area contributed by atoms with Crippen LogP contribution in [0.15, 0.2) is 14.9 Å². The van der Waals surface area contributed by atoms with Gasteiger partial charge in [0, 0.05) is 43.9 Å². The predicted molar refractivity (Wildman–Crippen MR) is 110 cm³/mol. The Balaban J connectivity index is 0.00000364. The number of aromatic nitrogens is 2. The van der Waals surface area contributed by atoms with E-state index in [4.69, 9.17) is 4.52 Å². The molecule has 0 saturated heterocycles. The fraction of sp³-hybridized carbons (Fsp3) is 0.562. The molecule has 2 heterocycles. The first-order valence-electron chi connectivity index (χ1n) is 8.31. The maximum absolute atomic E-state index is 12.6. The molecular weight excluding hydrogens is 494 g/mol. The number of rotatable bonds is 7. The Labute approximate surface area is 177 Å². The van der Waals surface area contributed by atoms with Gasteiger partial charge in [0.05, 0.1) is 10.7 Å². The number of halogens is 4. The minimum Gasteiger partial charge on any atom is -0.361 e. The summed E-state index contributed by atoms with van der Waals surface area (Å²) in [6.07, 6.45) is -2.48. The van der Waals surface area contributed by atoms with Crippen LogP contribution in [-0.4, -0.2) is 29.7 Å². The van der Waals surface area contributed by atoms with Crippen molar-refractivity contribution in [3.8, 4) is 0 Å². The van der Waals surface area contributed by atoms with E-state index in [0.717, 1.165) is 46.6 Å². The van der Waals surface area contributed by atoms with Crippen molar-refractivity contribution >= 4 is 41.3 Å². The number of thiazole rings is 1. The van der Waals surface area contributed by atoms with Crippen molar-refractivity contribution in [2.24, 2.45) is 4.99 Å². The van der Waals surface area contributed by atoms with Crippen LogP contribution in [0.4, 0.5) is 13.2 Å². The van der Waals surface area contributed by atoms with Gasteiger partial charge in [-0.05, 0) is 6.42 Å². The van der Waals surface area contributed by atoms with Gasteiger partial charge in [0.25, 0.3) is 0 Å². The standard InChI is InChI=1S/C16H22F3N5OS.HI/c1-4-11-10(12(5-2)25-24-11)8-22-15(20-3)21-7-6-14-23-13(9-26-14)16(17,18)19;/h9H,4-8H2,1-3H3,(H2,20,21,22);1H. The maximum Gasteiger partial charge on any atom is 0.434 e. The number of hydrogen-bond acceptors (Lipinski definition) is 5. The van der Waals surface area contributed by atoms with Crippen molar-refractivity contribution in [1.82, 2.24) is 20.8 Å². The normalized spacial score (nSPS) is 12.0. The topological polar surface area (TPSA) is 75.3 Å². The summed E-state index contributed by atoms with van der Waals surface area (Å²) in [5.74, 6) is 1.40. The van der Waals surface area contributed by atoms with Gasteiger partial charge < -0.3 is 15.2 Å². The third-order valence-electron chi connectivity index (χ3n) is 3.74. The molecule has 0 fully saturated rings. The molecule has 2 N–H and O–H groups in total. The Morgan fingerprint density at radius 2 is 2.00 bits per heavy atom. The predicted octanol–water partition coefficient (Wildman–Crippen LogP) is 3.80. The molecule has 11 heteroatoms. The Bertz CT molecular complexity index is 723. The summed E-state index contributed by atoms with van der Waals surface area (Å²) < 4.78 is 43.0. The molecule has 6 nitrogen and oxygen atoms in total. The molecule has 2 rings (SSSR count). The zero-order valence-corrected chi connectivity index (χ0v) is 18.5. The summed E-state index contributed by atoms with van der Waals surface area (Å²) >= 11 is 1.00. The second-order valence-electron chi connectivity index (χ2n) is 5.46. The van der Waals surface area contributed by atoms with Gasteiger partial charge in [0.1, 0.15) is 5.76 Å². The summed E-state index contributed by atoms with van der Waals surface area (Å²) in [6.45, 7) is 4.96. The Kier molecular flexibility index (Phi) is 9.50. The fourth-order valence-electron chi connectivity index (χ4n) is 2.37. The van der Waals surface area contributed by atoms with Crippen LogP contribution in [-0.2, 0) is 32.0 Å². The van der Waals surface area contributed by atoms with E-state index >= 15 is 0 Å². The molecule has 0 aliphatic carbocycles. The quantitative estimate of drug-likeness (QED) is 0.332. The van der Waals surface area contributed by atoms with Gasteiger partial charge >= 0.3 is 6.18 Å². The molecule has 2 aromatic rings. The molecule has 2 aromatic heterocycles. The largest absolute Gasteiger partial charge is 0.434 e. The zero-order chi connectivity index (χ0) is 19.2. The lowest BCUT2D eigenvalue weighted by atomic mass is 10.1. The molecule has 0 aliphatic rings. The van der Waals surface area contributed by atoms with Crippen molar-refractivity contribution in [3.05, 3.63) is 33.1 Å². The number of guanidine groups is 1. The van der Waals surface area contributed by atoms with Crippen molar-refractivity contribution < 1.29 is 17.7 Å². The Morgan fingerprint density at radius 3 is 2.56 bits per heavy atom. The number of aliphatic imine (C=N–C) groups is 1. The summed E-state index contributed by atoms with van der Waals surface area (Å²) in [5, 5.41) is 11.8.